The lowest BCUT2D eigenvalue weighted by Gasteiger charge is -2.14. The van der Waals surface area contributed by atoms with E-state index >= 15 is 0 Å². The smallest absolute Gasteiger partial charge is 0.310 e. The maximum absolute atomic E-state index is 12.3. The minimum atomic E-state index is -0.250. The van der Waals surface area contributed by atoms with E-state index in [1.54, 1.807) is 12.1 Å². The molecule has 0 saturated carbocycles. The number of phenols is 1. The third-order valence-corrected chi connectivity index (χ3v) is 5.81. The molecule has 0 radical (unpaired) electrons. The first-order valence-electron chi connectivity index (χ1n) is 12.0. The number of rotatable bonds is 11. The molecule has 1 aromatic heterocycles. The zero-order chi connectivity index (χ0) is 24.5. The number of para-hydroxylation sites is 2. The van der Waals surface area contributed by atoms with E-state index < -0.39 is 0 Å². The van der Waals surface area contributed by atoms with Crippen LogP contribution in [-0.4, -0.2) is 20.6 Å². The first-order valence-corrected chi connectivity index (χ1v) is 12.0. The molecule has 6 heteroatoms. The molecule has 0 aliphatic rings. The molecule has 4 rings (SSSR count). The van der Waals surface area contributed by atoms with Crippen molar-refractivity contribution in [1.29, 1.82) is 0 Å². The minimum Gasteiger partial charge on any atom is -0.506 e. The summed E-state index contributed by atoms with van der Waals surface area (Å²) in [4.78, 5) is 17.0. The largest absolute Gasteiger partial charge is 0.506 e. The van der Waals surface area contributed by atoms with E-state index in [0.29, 0.717) is 12.2 Å². The highest BCUT2D eigenvalue weighted by atomic mass is 16.5. The highest BCUT2D eigenvalue weighted by molar-refractivity contribution is 5.72. The Labute approximate surface area is 206 Å². The van der Waals surface area contributed by atoms with Crippen molar-refractivity contribution in [3.8, 4) is 11.4 Å². The Hall–Kier alpha value is -4.06. The Kier molecular flexibility index (Phi) is 8.17. The van der Waals surface area contributed by atoms with Crippen LogP contribution in [0.5, 0.6) is 5.75 Å². The van der Waals surface area contributed by atoms with Gasteiger partial charge in [0.1, 0.15) is 18.2 Å². The molecule has 3 aromatic carbocycles. The van der Waals surface area contributed by atoms with Gasteiger partial charge >= 0.3 is 5.97 Å². The molecule has 0 aliphatic heterocycles. The summed E-state index contributed by atoms with van der Waals surface area (Å²) in [6, 6.07) is 24.8. The number of nitrogens with zero attached hydrogens (tertiary/aromatic N) is 2. The normalized spacial score (nSPS) is 10.8. The number of anilines is 1. The van der Waals surface area contributed by atoms with Gasteiger partial charge in [0.2, 0.25) is 0 Å². The summed E-state index contributed by atoms with van der Waals surface area (Å²) in [5, 5.41) is 13.4. The van der Waals surface area contributed by atoms with Gasteiger partial charge in [0.05, 0.1) is 30.5 Å². The van der Waals surface area contributed by atoms with Crippen molar-refractivity contribution in [2.45, 2.75) is 45.8 Å². The Morgan fingerprint density at radius 3 is 2.46 bits per heavy atom. The molecule has 0 amide bonds. The SMILES string of the molecule is CCCCc1ncc(CNc2ccccc2O)n1-c1ccc(CC(=O)OCc2ccccc2)cc1. The lowest BCUT2D eigenvalue weighted by Crippen LogP contribution is -2.10. The molecular formula is C29H31N3O3. The van der Waals surface area contributed by atoms with E-state index in [-0.39, 0.29) is 24.7 Å². The summed E-state index contributed by atoms with van der Waals surface area (Å²) in [7, 11) is 0. The fourth-order valence-electron chi connectivity index (χ4n) is 3.91. The van der Waals surface area contributed by atoms with Crippen LogP contribution in [0.4, 0.5) is 5.69 Å². The van der Waals surface area contributed by atoms with Crippen LogP contribution < -0.4 is 5.32 Å². The van der Waals surface area contributed by atoms with Crippen molar-refractivity contribution in [2.75, 3.05) is 5.32 Å². The molecule has 35 heavy (non-hydrogen) atoms. The van der Waals surface area contributed by atoms with Gasteiger partial charge in [-0.25, -0.2) is 4.98 Å². The van der Waals surface area contributed by atoms with Crippen molar-refractivity contribution in [3.05, 3.63) is 108 Å². The van der Waals surface area contributed by atoms with Gasteiger partial charge in [-0.05, 0) is 41.8 Å². The third-order valence-electron chi connectivity index (χ3n) is 5.81. The van der Waals surface area contributed by atoms with Crippen LogP contribution in [0.25, 0.3) is 5.69 Å². The van der Waals surface area contributed by atoms with Crippen molar-refractivity contribution in [1.82, 2.24) is 9.55 Å². The topological polar surface area (TPSA) is 76.4 Å². The van der Waals surface area contributed by atoms with Crippen molar-refractivity contribution in [2.24, 2.45) is 0 Å². The molecule has 4 aromatic rings. The number of unbranched alkanes of at least 4 members (excludes halogenated alkanes) is 1. The number of nitrogens with one attached hydrogen (secondary N) is 1. The van der Waals surface area contributed by atoms with E-state index in [1.807, 2.05) is 72.9 Å². The fourth-order valence-corrected chi connectivity index (χ4v) is 3.91. The minimum absolute atomic E-state index is 0.216. The average Bonchev–Trinajstić information content (AvgIpc) is 3.29. The number of aryl methyl sites for hydroxylation is 1. The molecule has 0 unspecified atom stereocenters. The maximum Gasteiger partial charge on any atom is 0.310 e. The quantitative estimate of drug-likeness (QED) is 0.214. The molecule has 0 bridgehead atoms. The first kappa shape index (κ1) is 24.1. The van der Waals surface area contributed by atoms with Crippen LogP contribution in [0, 0.1) is 0 Å². The van der Waals surface area contributed by atoms with Gasteiger partial charge in [0.15, 0.2) is 0 Å². The summed E-state index contributed by atoms with van der Waals surface area (Å²) in [6.07, 6.45) is 5.12. The van der Waals surface area contributed by atoms with Crippen LogP contribution in [0.2, 0.25) is 0 Å². The molecule has 0 saturated heterocycles. The highest BCUT2D eigenvalue weighted by Crippen LogP contribution is 2.24. The highest BCUT2D eigenvalue weighted by Gasteiger charge is 2.13. The Morgan fingerprint density at radius 1 is 0.971 bits per heavy atom. The second-order valence-electron chi connectivity index (χ2n) is 8.46. The molecule has 0 spiro atoms. The number of esters is 1. The average molecular weight is 470 g/mol. The molecular weight excluding hydrogens is 438 g/mol. The predicted molar refractivity (Wildman–Crippen MR) is 138 cm³/mol. The van der Waals surface area contributed by atoms with Crippen LogP contribution in [-0.2, 0) is 35.5 Å². The van der Waals surface area contributed by atoms with E-state index in [1.165, 1.54) is 0 Å². The Bertz CT molecular complexity index is 1230. The van der Waals surface area contributed by atoms with Gasteiger partial charge in [-0.1, -0.05) is 67.9 Å². The molecule has 180 valence electrons. The van der Waals surface area contributed by atoms with Gasteiger partial charge in [0.25, 0.3) is 0 Å². The van der Waals surface area contributed by atoms with E-state index in [4.69, 9.17) is 4.74 Å². The Morgan fingerprint density at radius 2 is 1.71 bits per heavy atom. The van der Waals surface area contributed by atoms with Crippen LogP contribution in [0.3, 0.4) is 0 Å². The molecule has 0 fully saturated rings. The number of carbonyl (C=O) groups excluding carboxylic acids is 1. The summed E-state index contributed by atoms with van der Waals surface area (Å²) in [5.41, 5.74) is 4.54. The summed E-state index contributed by atoms with van der Waals surface area (Å²) >= 11 is 0. The number of hydrogen-bond acceptors (Lipinski definition) is 5. The number of benzene rings is 3. The second-order valence-corrected chi connectivity index (χ2v) is 8.46. The lowest BCUT2D eigenvalue weighted by atomic mass is 10.1. The van der Waals surface area contributed by atoms with E-state index in [2.05, 4.69) is 21.8 Å². The zero-order valence-electron chi connectivity index (χ0n) is 20.0. The van der Waals surface area contributed by atoms with Gasteiger partial charge < -0.3 is 15.2 Å². The molecule has 1 heterocycles. The van der Waals surface area contributed by atoms with E-state index in [9.17, 15) is 9.90 Å². The molecule has 2 N–H and O–H groups in total. The number of imidazole rings is 1. The monoisotopic (exact) mass is 469 g/mol. The fraction of sp³-hybridized carbons (Fsp3) is 0.241. The van der Waals surface area contributed by atoms with Crippen LogP contribution in [0.1, 0.15) is 42.4 Å². The number of ether oxygens (including phenoxy) is 1. The number of aromatic hydroxyl groups is 1. The van der Waals surface area contributed by atoms with Crippen LogP contribution in [0.15, 0.2) is 85.1 Å². The lowest BCUT2D eigenvalue weighted by molar-refractivity contribution is -0.144. The number of hydrogen-bond donors (Lipinski definition) is 2. The third kappa shape index (κ3) is 6.51. The second kappa shape index (κ2) is 11.9. The maximum atomic E-state index is 12.3. The van der Waals surface area contributed by atoms with Gasteiger partial charge in [-0.2, -0.15) is 0 Å². The van der Waals surface area contributed by atoms with Crippen molar-refractivity contribution >= 4 is 11.7 Å². The standard InChI is InChI=1S/C29H31N3O3/c1-2-3-13-28-31-20-25(19-30-26-11-7-8-12-27(26)33)32(28)24-16-14-22(15-17-24)18-29(34)35-21-23-9-5-4-6-10-23/h4-12,14-17,20,30,33H,2-3,13,18-19,21H2,1H3. The predicted octanol–water partition coefficient (Wildman–Crippen LogP) is 5.82. The molecule has 6 nitrogen and oxygen atoms in total. The zero-order valence-corrected chi connectivity index (χ0v) is 20.0. The Balaban J connectivity index is 1.46. The van der Waals surface area contributed by atoms with Crippen LogP contribution >= 0.6 is 0 Å². The first-order chi connectivity index (χ1) is 17.1. The molecule has 0 aliphatic carbocycles. The molecule has 0 atom stereocenters. The summed E-state index contributed by atoms with van der Waals surface area (Å²) < 4.78 is 7.57. The van der Waals surface area contributed by atoms with Gasteiger partial charge in [0, 0.05) is 12.1 Å². The summed E-state index contributed by atoms with van der Waals surface area (Å²) in [6.45, 7) is 2.96. The number of aromatic nitrogens is 2. The van der Waals surface area contributed by atoms with Crippen molar-refractivity contribution < 1.29 is 14.6 Å². The van der Waals surface area contributed by atoms with Crippen molar-refractivity contribution in [3.63, 3.8) is 0 Å². The summed E-state index contributed by atoms with van der Waals surface area (Å²) in [5.74, 6) is 0.963. The van der Waals surface area contributed by atoms with Gasteiger partial charge in [-0.3, -0.25) is 9.36 Å². The number of phenolic OH excluding ortho intramolecular Hbond substituents is 1. The van der Waals surface area contributed by atoms with E-state index in [0.717, 1.165) is 47.6 Å². The number of carbonyl (C=O) groups is 1. The van der Waals surface area contributed by atoms with Gasteiger partial charge in [-0.15, -0.1) is 0 Å².